The molecular formula is C27H33F3NO2+. The Labute approximate surface area is 193 Å². The molecule has 178 valence electrons. The lowest BCUT2D eigenvalue weighted by Crippen LogP contribution is -2.30. The maximum atomic E-state index is 13.2. The monoisotopic (exact) mass is 460 g/mol. The highest BCUT2D eigenvalue weighted by atomic mass is 19.4. The third-order valence-electron chi connectivity index (χ3n) is 7.69. The van der Waals surface area contributed by atoms with Crippen molar-refractivity contribution in [3.8, 4) is 0 Å². The topological polar surface area (TPSA) is 45.0 Å². The minimum absolute atomic E-state index is 0.0179. The molecule has 1 saturated carbocycles. The molecule has 0 bridgehead atoms. The number of pyridine rings is 1. The molecular weight excluding hydrogens is 427 g/mol. The zero-order valence-corrected chi connectivity index (χ0v) is 19.8. The first kappa shape index (κ1) is 22.9. The van der Waals surface area contributed by atoms with Gasteiger partial charge in [0.25, 0.3) is 0 Å². The normalized spacial score (nSPS) is 26.3. The van der Waals surface area contributed by atoms with Crippen LogP contribution in [0.25, 0.3) is 0 Å². The Bertz CT molecular complexity index is 1070. The zero-order valence-electron chi connectivity index (χ0n) is 19.8. The van der Waals surface area contributed by atoms with Crippen LogP contribution in [0.15, 0.2) is 24.3 Å². The Balaban J connectivity index is 1.71. The van der Waals surface area contributed by atoms with Gasteiger partial charge in [0.05, 0.1) is 22.5 Å². The van der Waals surface area contributed by atoms with Gasteiger partial charge in [0, 0.05) is 12.0 Å². The molecule has 2 aromatic rings. The summed E-state index contributed by atoms with van der Waals surface area (Å²) in [4.78, 5) is 5.13. The first-order valence-electron chi connectivity index (χ1n) is 12.0. The van der Waals surface area contributed by atoms with Crippen LogP contribution in [0.4, 0.5) is 13.2 Å². The second kappa shape index (κ2) is 7.54. The Hall–Kier alpha value is -1.92. The van der Waals surface area contributed by atoms with E-state index in [1.165, 1.54) is 30.5 Å². The molecule has 0 amide bonds. The van der Waals surface area contributed by atoms with Crippen molar-refractivity contribution in [3.63, 3.8) is 0 Å². The Kier molecular flexibility index (Phi) is 5.22. The van der Waals surface area contributed by atoms with Crippen LogP contribution in [0.1, 0.15) is 117 Å². The molecule has 0 spiro atoms. The average molecular weight is 461 g/mol. The van der Waals surface area contributed by atoms with Crippen molar-refractivity contribution in [2.45, 2.75) is 96.1 Å². The first-order valence-corrected chi connectivity index (χ1v) is 12.0. The molecule has 1 aromatic carbocycles. The molecule has 2 atom stereocenters. The minimum atomic E-state index is -4.37. The minimum Gasteiger partial charge on any atom is -0.440 e. The zero-order chi connectivity index (χ0) is 23.8. The fourth-order valence-corrected chi connectivity index (χ4v) is 6.26. The van der Waals surface area contributed by atoms with Crippen LogP contribution in [0.2, 0.25) is 0 Å². The van der Waals surface area contributed by atoms with Crippen molar-refractivity contribution in [3.05, 3.63) is 63.5 Å². The van der Waals surface area contributed by atoms with Gasteiger partial charge in [-0.05, 0) is 67.7 Å². The smallest absolute Gasteiger partial charge is 0.416 e. The third-order valence-corrected chi connectivity index (χ3v) is 7.69. The molecule has 2 aliphatic carbocycles. The van der Waals surface area contributed by atoms with Gasteiger partial charge in [0.15, 0.2) is 6.10 Å². The number of halogens is 3. The quantitative estimate of drug-likeness (QED) is 0.460. The number of aromatic nitrogens is 1. The van der Waals surface area contributed by atoms with E-state index in [2.05, 4.69) is 13.8 Å². The van der Waals surface area contributed by atoms with Crippen molar-refractivity contribution in [2.24, 2.45) is 5.41 Å². The van der Waals surface area contributed by atoms with E-state index < -0.39 is 23.4 Å². The van der Waals surface area contributed by atoms with Gasteiger partial charge in [-0.2, -0.15) is 13.2 Å². The predicted octanol–water partition coefficient (Wildman–Crippen LogP) is 6.85. The average Bonchev–Trinajstić information content (AvgIpc) is 3.32. The second-order valence-corrected chi connectivity index (χ2v) is 11.4. The van der Waals surface area contributed by atoms with E-state index in [0.29, 0.717) is 11.5 Å². The molecule has 2 heterocycles. The van der Waals surface area contributed by atoms with Crippen LogP contribution in [-0.4, -0.2) is 10.1 Å². The van der Waals surface area contributed by atoms with E-state index in [-0.39, 0.29) is 11.5 Å². The van der Waals surface area contributed by atoms with Gasteiger partial charge in [0.1, 0.15) is 11.7 Å². The fourth-order valence-electron chi connectivity index (χ4n) is 6.26. The van der Waals surface area contributed by atoms with Gasteiger partial charge in [-0.1, -0.05) is 38.8 Å². The molecule has 2 unspecified atom stereocenters. The van der Waals surface area contributed by atoms with Crippen LogP contribution in [0.5, 0.6) is 0 Å². The highest BCUT2D eigenvalue weighted by Gasteiger charge is 2.48. The van der Waals surface area contributed by atoms with E-state index >= 15 is 0 Å². The molecule has 0 radical (unpaired) electrons. The number of hydrogen-bond acceptors (Lipinski definition) is 2. The summed E-state index contributed by atoms with van der Waals surface area (Å²) in [5.74, 6) is 0.360. The molecule has 2 N–H and O–H groups in total. The molecule has 3 aliphatic rings. The first-order chi connectivity index (χ1) is 15.4. The SMILES string of the molecule is CC1(C)Cc2nc3c(c(C4CCCC4)c2C([OH2+])C1)C(c1ccc(C(F)(F)F)cc1)OC3(C)C. The van der Waals surface area contributed by atoms with E-state index in [1.54, 1.807) is 0 Å². The number of rotatable bonds is 2. The van der Waals surface area contributed by atoms with Gasteiger partial charge in [0.2, 0.25) is 0 Å². The Morgan fingerprint density at radius 2 is 1.61 bits per heavy atom. The number of benzene rings is 1. The Morgan fingerprint density at radius 1 is 0.970 bits per heavy atom. The maximum absolute atomic E-state index is 13.2. The van der Waals surface area contributed by atoms with Gasteiger partial charge in [-0.25, -0.2) is 0 Å². The molecule has 1 aliphatic heterocycles. The standard InChI is InChI=1S/C27H32F3NO2/c1-25(2)13-18-21(19(32)14-25)20(15-7-5-6-8-15)22-23(33-26(3,4)24(22)31-18)16-9-11-17(12-10-16)27(28,29)30/h9-12,15,19,23,32H,5-8,13-14H2,1-4H3/p+1. The summed E-state index contributed by atoms with van der Waals surface area (Å²) in [6, 6.07) is 5.36. The van der Waals surface area contributed by atoms with Gasteiger partial charge >= 0.3 is 6.18 Å². The predicted molar refractivity (Wildman–Crippen MR) is 121 cm³/mol. The largest absolute Gasteiger partial charge is 0.440 e. The van der Waals surface area contributed by atoms with Crippen molar-refractivity contribution >= 4 is 0 Å². The van der Waals surface area contributed by atoms with E-state index in [0.717, 1.165) is 60.3 Å². The molecule has 3 nitrogen and oxygen atoms in total. The van der Waals surface area contributed by atoms with E-state index in [4.69, 9.17) is 14.8 Å². The summed E-state index contributed by atoms with van der Waals surface area (Å²) >= 11 is 0. The molecule has 5 rings (SSSR count). The summed E-state index contributed by atoms with van der Waals surface area (Å²) in [6.45, 7) is 8.41. The van der Waals surface area contributed by atoms with Gasteiger partial charge in [-0.3, -0.25) is 4.98 Å². The highest BCUT2D eigenvalue weighted by Crippen LogP contribution is 2.55. The molecule has 0 saturated heterocycles. The molecule has 1 aromatic heterocycles. The van der Waals surface area contributed by atoms with E-state index in [1.807, 2.05) is 13.8 Å². The summed E-state index contributed by atoms with van der Waals surface area (Å²) in [6.07, 6.45) is 0.953. The number of hydrogen-bond donors (Lipinski definition) is 0. The van der Waals surface area contributed by atoms with Crippen LogP contribution in [0, 0.1) is 5.41 Å². The van der Waals surface area contributed by atoms with Crippen molar-refractivity contribution in [1.29, 1.82) is 0 Å². The van der Waals surface area contributed by atoms with Crippen LogP contribution in [0.3, 0.4) is 0 Å². The summed E-state index contributed by atoms with van der Waals surface area (Å²) in [5, 5.41) is 9.04. The summed E-state index contributed by atoms with van der Waals surface area (Å²) < 4.78 is 46.0. The number of fused-ring (bicyclic) bond motifs is 2. The number of alkyl halides is 3. The van der Waals surface area contributed by atoms with Crippen LogP contribution < -0.4 is 0 Å². The lowest BCUT2D eigenvalue weighted by molar-refractivity contribution is -0.137. The molecule has 6 heteroatoms. The highest BCUT2D eigenvalue weighted by molar-refractivity contribution is 5.53. The Morgan fingerprint density at radius 3 is 2.21 bits per heavy atom. The van der Waals surface area contributed by atoms with Crippen molar-refractivity contribution in [1.82, 2.24) is 4.98 Å². The van der Waals surface area contributed by atoms with Crippen molar-refractivity contribution in [2.75, 3.05) is 0 Å². The van der Waals surface area contributed by atoms with Crippen LogP contribution >= 0.6 is 0 Å². The van der Waals surface area contributed by atoms with Crippen LogP contribution in [-0.2, 0) is 22.9 Å². The second-order valence-electron chi connectivity index (χ2n) is 11.4. The molecule has 1 fully saturated rings. The van der Waals surface area contributed by atoms with E-state index in [9.17, 15) is 13.2 Å². The maximum Gasteiger partial charge on any atom is 0.416 e. The van der Waals surface area contributed by atoms with Gasteiger partial charge < -0.3 is 9.84 Å². The summed E-state index contributed by atoms with van der Waals surface area (Å²) in [7, 11) is 0. The molecule has 33 heavy (non-hydrogen) atoms. The third kappa shape index (κ3) is 3.89. The van der Waals surface area contributed by atoms with Gasteiger partial charge in [-0.15, -0.1) is 0 Å². The number of ether oxygens (including phenoxy) is 1. The summed E-state index contributed by atoms with van der Waals surface area (Å²) in [5.41, 5.74) is 4.66. The lowest BCUT2D eigenvalue weighted by Gasteiger charge is -2.35. The lowest BCUT2D eigenvalue weighted by atomic mass is 9.70. The van der Waals surface area contributed by atoms with Crippen molar-refractivity contribution < 1.29 is 23.0 Å². The fraction of sp³-hybridized carbons (Fsp3) is 0.593. The number of nitrogens with zero attached hydrogens (tertiary/aromatic N) is 1.